The van der Waals surface area contributed by atoms with Gasteiger partial charge in [-0.25, -0.2) is 0 Å². The van der Waals surface area contributed by atoms with E-state index in [2.05, 4.69) is 0 Å². The van der Waals surface area contributed by atoms with E-state index in [1.165, 1.54) is 0 Å². The van der Waals surface area contributed by atoms with Gasteiger partial charge in [0.25, 0.3) is 0 Å². The molecule has 1 amide bonds. The third kappa shape index (κ3) is 3.61. The summed E-state index contributed by atoms with van der Waals surface area (Å²) in [6.07, 6.45) is 0. The van der Waals surface area contributed by atoms with E-state index in [9.17, 15) is 4.79 Å². The van der Waals surface area contributed by atoms with E-state index in [4.69, 9.17) is 17.3 Å². The van der Waals surface area contributed by atoms with Crippen LogP contribution in [0.3, 0.4) is 0 Å². The van der Waals surface area contributed by atoms with Crippen LogP contribution in [0.1, 0.15) is 5.56 Å². The van der Waals surface area contributed by atoms with Crippen LogP contribution >= 0.6 is 11.6 Å². The third-order valence-corrected chi connectivity index (χ3v) is 2.83. The zero-order valence-electron chi connectivity index (χ0n) is 10.4. The van der Waals surface area contributed by atoms with Gasteiger partial charge in [0.15, 0.2) is 0 Å². The summed E-state index contributed by atoms with van der Waals surface area (Å²) in [7, 11) is 5.30. The van der Waals surface area contributed by atoms with Crippen molar-refractivity contribution < 1.29 is 4.79 Å². The third-order valence-electron chi connectivity index (χ3n) is 2.53. The Morgan fingerprint density at radius 3 is 2.47 bits per heavy atom. The molecule has 94 valence electrons. The highest BCUT2D eigenvalue weighted by molar-refractivity contribution is 6.33. The largest absolute Gasteiger partial charge is 0.364 e. The van der Waals surface area contributed by atoms with Gasteiger partial charge in [-0.15, -0.1) is 0 Å². The van der Waals surface area contributed by atoms with Crippen LogP contribution in [0.5, 0.6) is 0 Å². The number of hydrogen-bond acceptors (Lipinski definition) is 3. The molecule has 0 radical (unpaired) electrons. The number of nitrogens with zero attached hydrogens (tertiary/aromatic N) is 2. The standard InChI is InChI=1S/C12H18ClN3O/c1-15(2)12(17)8-16(3)11-5-4-9(7-14)6-10(11)13/h4-6H,7-8,14H2,1-3H3. The van der Waals surface area contributed by atoms with Gasteiger partial charge in [0.2, 0.25) is 5.91 Å². The fraction of sp³-hybridized carbons (Fsp3) is 0.417. The first-order chi connectivity index (χ1) is 7.95. The van der Waals surface area contributed by atoms with Gasteiger partial charge in [-0.3, -0.25) is 4.79 Å². The van der Waals surface area contributed by atoms with Gasteiger partial charge < -0.3 is 15.5 Å². The molecular weight excluding hydrogens is 238 g/mol. The predicted molar refractivity (Wildman–Crippen MR) is 71.3 cm³/mol. The van der Waals surface area contributed by atoms with Gasteiger partial charge in [0.1, 0.15) is 0 Å². The molecule has 1 aromatic carbocycles. The summed E-state index contributed by atoms with van der Waals surface area (Å²) in [5.41, 5.74) is 7.34. The number of halogens is 1. The summed E-state index contributed by atoms with van der Waals surface area (Å²) in [5, 5.41) is 0.613. The number of nitrogens with two attached hydrogens (primary N) is 1. The Hall–Kier alpha value is -1.26. The second-order valence-corrected chi connectivity index (χ2v) is 4.54. The SMILES string of the molecule is CN(C)C(=O)CN(C)c1ccc(CN)cc1Cl. The molecule has 0 heterocycles. The number of carbonyl (C=O) groups excluding carboxylic acids is 1. The van der Waals surface area contributed by atoms with Crippen LogP contribution in [-0.2, 0) is 11.3 Å². The minimum absolute atomic E-state index is 0.0338. The summed E-state index contributed by atoms with van der Waals surface area (Å²) in [6.45, 7) is 0.759. The zero-order valence-corrected chi connectivity index (χ0v) is 11.2. The van der Waals surface area contributed by atoms with Crippen LogP contribution in [0.2, 0.25) is 5.02 Å². The number of hydrogen-bond donors (Lipinski definition) is 1. The molecule has 0 saturated heterocycles. The molecule has 0 aliphatic carbocycles. The number of likely N-dealkylation sites (N-methyl/N-ethyl adjacent to an activating group) is 2. The molecular formula is C12H18ClN3O. The monoisotopic (exact) mass is 255 g/mol. The van der Waals surface area contributed by atoms with Gasteiger partial charge in [-0.2, -0.15) is 0 Å². The maximum Gasteiger partial charge on any atom is 0.241 e. The Morgan fingerprint density at radius 1 is 1.35 bits per heavy atom. The normalized spacial score (nSPS) is 10.2. The van der Waals surface area contributed by atoms with E-state index >= 15 is 0 Å². The molecule has 0 saturated carbocycles. The highest BCUT2D eigenvalue weighted by atomic mass is 35.5. The summed E-state index contributed by atoms with van der Waals surface area (Å²) < 4.78 is 0. The first-order valence-corrected chi connectivity index (χ1v) is 5.73. The average molecular weight is 256 g/mol. The highest BCUT2D eigenvalue weighted by Crippen LogP contribution is 2.25. The van der Waals surface area contributed by atoms with E-state index in [1.54, 1.807) is 19.0 Å². The van der Waals surface area contributed by atoms with E-state index in [1.807, 2.05) is 30.1 Å². The minimum atomic E-state index is 0.0338. The molecule has 0 fully saturated rings. The molecule has 0 aromatic heterocycles. The van der Waals surface area contributed by atoms with Crippen molar-refractivity contribution in [3.63, 3.8) is 0 Å². The van der Waals surface area contributed by atoms with Crippen molar-refractivity contribution in [1.82, 2.24) is 4.90 Å². The lowest BCUT2D eigenvalue weighted by molar-refractivity contribution is -0.127. The van der Waals surface area contributed by atoms with E-state index in [0.717, 1.165) is 11.3 Å². The van der Waals surface area contributed by atoms with Crippen molar-refractivity contribution in [2.75, 3.05) is 32.6 Å². The summed E-state index contributed by atoms with van der Waals surface area (Å²) in [4.78, 5) is 15.0. The zero-order chi connectivity index (χ0) is 13.0. The highest BCUT2D eigenvalue weighted by Gasteiger charge is 2.11. The summed E-state index contributed by atoms with van der Waals surface area (Å²) in [6, 6.07) is 5.62. The molecule has 2 N–H and O–H groups in total. The minimum Gasteiger partial charge on any atom is -0.364 e. The lowest BCUT2D eigenvalue weighted by atomic mass is 10.2. The van der Waals surface area contributed by atoms with Crippen molar-refractivity contribution in [2.45, 2.75) is 6.54 Å². The molecule has 0 aliphatic rings. The van der Waals surface area contributed by atoms with Crippen LogP contribution in [-0.4, -0.2) is 38.5 Å². The number of benzene rings is 1. The molecule has 0 spiro atoms. The Kier molecular flexibility index (Phi) is 4.78. The Labute approximate surface area is 107 Å². The summed E-state index contributed by atoms with van der Waals surface area (Å²) >= 11 is 6.14. The number of amides is 1. The van der Waals surface area contributed by atoms with Crippen molar-refractivity contribution in [2.24, 2.45) is 5.73 Å². The fourth-order valence-electron chi connectivity index (χ4n) is 1.42. The van der Waals surface area contributed by atoms with Crippen molar-refractivity contribution in [3.05, 3.63) is 28.8 Å². The van der Waals surface area contributed by atoms with Crippen LogP contribution in [0.25, 0.3) is 0 Å². The molecule has 5 heteroatoms. The maximum atomic E-state index is 11.6. The molecule has 17 heavy (non-hydrogen) atoms. The van der Waals surface area contributed by atoms with Crippen LogP contribution in [0, 0.1) is 0 Å². The van der Waals surface area contributed by atoms with Gasteiger partial charge in [-0.1, -0.05) is 17.7 Å². The maximum absolute atomic E-state index is 11.6. The van der Waals surface area contributed by atoms with Gasteiger partial charge in [-0.05, 0) is 17.7 Å². The Balaban J connectivity index is 2.82. The predicted octanol–water partition coefficient (Wildman–Crippen LogP) is 1.32. The molecule has 0 aliphatic heterocycles. The van der Waals surface area contributed by atoms with E-state index < -0.39 is 0 Å². The molecule has 0 atom stereocenters. The molecule has 0 unspecified atom stereocenters. The van der Waals surface area contributed by atoms with Crippen LogP contribution in [0.15, 0.2) is 18.2 Å². The lowest BCUT2D eigenvalue weighted by Gasteiger charge is -2.22. The number of carbonyl (C=O) groups is 1. The van der Waals surface area contributed by atoms with Gasteiger partial charge in [0.05, 0.1) is 17.3 Å². The van der Waals surface area contributed by atoms with Crippen LogP contribution < -0.4 is 10.6 Å². The topological polar surface area (TPSA) is 49.6 Å². The Bertz CT molecular complexity index is 407. The van der Waals surface area contributed by atoms with Crippen molar-refractivity contribution >= 4 is 23.2 Å². The average Bonchev–Trinajstić information content (AvgIpc) is 2.28. The van der Waals surface area contributed by atoms with Crippen LogP contribution in [0.4, 0.5) is 5.69 Å². The molecule has 1 rings (SSSR count). The second kappa shape index (κ2) is 5.89. The first-order valence-electron chi connectivity index (χ1n) is 5.35. The first kappa shape index (κ1) is 13.8. The van der Waals surface area contributed by atoms with Gasteiger partial charge >= 0.3 is 0 Å². The Morgan fingerprint density at radius 2 is 2.00 bits per heavy atom. The molecule has 4 nitrogen and oxygen atoms in total. The summed E-state index contributed by atoms with van der Waals surface area (Å²) in [5.74, 6) is 0.0338. The lowest BCUT2D eigenvalue weighted by Crippen LogP contribution is -2.34. The van der Waals surface area contributed by atoms with Gasteiger partial charge in [0, 0.05) is 27.7 Å². The van der Waals surface area contributed by atoms with Crippen molar-refractivity contribution in [3.8, 4) is 0 Å². The van der Waals surface area contributed by atoms with Crippen molar-refractivity contribution in [1.29, 1.82) is 0 Å². The molecule has 1 aromatic rings. The number of rotatable bonds is 4. The fourth-order valence-corrected chi connectivity index (χ4v) is 1.76. The second-order valence-electron chi connectivity index (χ2n) is 4.13. The quantitative estimate of drug-likeness (QED) is 0.883. The van der Waals surface area contributed by atoms with E-state index in [0.29, 0.717) is 18.1 Å². The van der Waals surface area contributed by atoms with E-state index in [-0.39, 0.29) is 5.91 Å². The smallest absolute Gasteiger partial charge is 0.241 e. The molecule has 0 bridgehead atoms. The number of anilines is 1.